The molecule has 51 heavy (non-hydrogen) atoms. The van der Waals surface area contributed by atoms with E-state index >= 15 is 0 Å². The summed E-state index contributed by atoms with van der Waals surface area (Å²) in [5.41, 5.74) is 3.82. The number of anilines is 1. The normalized spacial score (nSPS) is 19.6. The van der Waals surface area contributed by atoms with Crippen molar-refractivity contribution >= 4 is 17.9 Å². The number of aldehydes is 1. The monoisotopic (exact) mass is 688 g/mol. The van der Waals surface area contributed by atoms with Gasteiger partial charge in [-0.1, -0.05) is 72.8 Å². The van der Waals surface area contributed by atoms with Gasteiger partial charge in [-0.05, 0) is 42.0 Å². The van der Waals surface area contributed by atoms with Crippen LogP contribution in [0.5, 0.6) is 11.6 Å². The van der Waals surface area contributed by atoms with Crippen molar-refractivity contribution in [1.82, 2.24) is 15.5 Å². The van der Waals surface area contributed by atoms with Crippen LogP contribution in [0.4, 0.5) is 5.82 Å². The van der Waals surface area contributed by atoms with Crippen molar-refractivity contribution in [3.05, 3.63) is 137 Å². The number of ketones is 1. The van der Waals surface area contributed by atoms with E-state index in [4.69, 9.17) is 23.7 Å². The van der Waals surface area contributed by atoms with E-state index in [1.807, 2.05) is 98.7 Å². The first kappa shape index (κ1) is 35.3. The maximum atomic E-state index is 14.2. The molecule has 3 heterocycles. The molecular formula is C41H44N4O6. The molecule has 0 bridgehead atoms. The predicted octanol–water partition coefficient (Wildman–Crippen LogP) is 6.71. The van der Waals surface area contributed by atoms with Crippen molar-refractivity contribution in [3.63, 3.8) is 0 Å². The molecule has 1 unspecified atom stereocenters. The summed E-state index contributed by atoms with van der Waals surface area (Å²) in [6.07, 6.45) is 7.77. The minimum Gasteiger partial charge on any atom is -0.486 e. The fourth-order valence-electron chi connectivity index (χ4n) is 6.90. The highest BCUT2D eigenvalue weighted by Gasteiger charge is 2.62. The van der Waals surface area contributed by atoms with Gasteiger partial charge in [0.25, 0.3) is 5.88 Å². The van der Waals surface area contributed by atoms with E-state index in [1.54, 1.807) is 6.20 Å². The molecule has 7 rings (SSSR count). The number of epoxide rings is 1. The predicted molar refractivity (Wildman–Crippen MR) is 195 cm³/mol. The van der Waals surface area contributed by atoms with E-state index in [9.17, 15) is 9.59 Å². The Morgan fingerprint density at radius 3 is 2.25 bits per heavy atom. The van der Waals surface area contributed by atoms with Gasteiger partial charge in [-0.25, -0.2) is 4.98 Å². The topological polar surface area (TPSA) is 119 Å². The Balaban J connectivity index is 0.000000582. The van der Waals surface area contributed by atoms with E-state index in [0.29, 0.717) is 48.5 Å². The third-order valence-electron chi connectivity index (χ3n) is 9.54. The summed E-state index contributed by atoms with van der Waals surface area (Å²) in [4.78, 5) is 33.0. The number of carbonyl (C=O) groups is 2. The summed E-state index contributed by atoms with van der Waals surface area (Å²) in [6.45, 7) is 11.4. The van der Waals surface area contributed by atoms with Crippen LogP contribution in [0, 0.1) is 11.8 Å². The highest BCUT2D eigenvalue weighted by Crippen LogP contribution is 2.59. The van der Waals surface area contributed by atoms with Gasteiger partial charge in [-0.15, -0.1) is 13.2 Å². The minimum absolute atomic E-state index is 0.0255. The molecule has 0 radical (unpaired) electrons. The van der Waals surface area contributed by atoms with Crippen LogP contribution in [0.1, 0.15) is 56.5 Å². The SMILES string of the molecule is C=CCNCC=C.CN(C)c1ncc(OCc2ccccc2)c2c1CC1C[C@@H](Cc3onc(OCc4ccccc4)c3C=O)[C@]3(C)OC3=C1C2=O. The maximum Gasteiger partial charge on any atom is 0.265 e. The van der Waals surface area contributed by atoms with E-state index < -0.39 is 5.60 Å². The Kier molecular flexibility index (Phi) is 10.8. The molecular weight excluding hydrogens is 644 g/mol. The van der Waals surface area contributed by atoms with Crippen LogP contribution in [-0.4, -0.2) is 55.0 Å². The van der Waals surface area contributed by atoms with E-state index in [0.717, 1.165) is 53.2 Å². The first-order valence-corrected chi connectivity index (χ1v) is 17.2. The van der Waals surface area contributed by atoms with Gasteiger partial charge >= 0.3 is 0 Å². The van der Waals surface area contributed by atoms with Gasteiger partial charge in [0.2, 0.25) is 0 Å². The number of aromatic nitrogens is 2. The van der Waals surface area contributed by atoms with E-state index in [2.05, 4.69) is 23.6 Å². The maximum absolute atomic E-state index is 14.2. The van der Waals surface area contributed by atoms with Gasteiger partial charge in [0.15, 0.2) is 23.4 Å². The second-order valence-corrected chi connectivity index (χ2v) is 13.2. The number of nitrogens with one attached hydrogen (secondary N) is 1. The molecule has 2 aromatic carbocycles. The van der Waals surface area contributed by atoms with Crippen LogP contribution < -0.4 is 19.7 Å². The van der Waals surface area contributed by atoms with Crippen LogP contribution in [0.3, 0.4) is 0 Å². The second-order valence-electron chi connectivity index (χ2n) is 13.2. The van der Waals surface area contributed by atoms with Gasteiger partial charge in [-0.3, -0.25) is 9.59 Å². The standard InChI is InChI=1S/C35H33N3O6.C6H11N/c1-35-24(16-27-26(18-39)34(37-44-27)42-20-22-12-8-5-9-13-22)14-23-15-25-30(31(40)29(23)32(35)43-35)28(17-36-33(25)38(2)3)41-19-21-10-6-4-7-11-21;1-3-5-7-6-4-2/h4-13,17-18,23-24H,14-16,19-20H2,1-3H3;3-4,7H,1-2,5-6H2/t23?,24-,35-;/m0./s1. The van der Waals surface area contributed by atoms with E-state index in [1.165, 1.54) is 0 Å². The van der Waals surface area contributed by atoms with Crippen molar-refractivity contribution in [2.45, 2.75) is 45.0 Å². The smallest absolute Gasteiger partial charge is 0.265 e. The lowest BCUT2D eigenvalue weighted by Gasteiger charge is -2.34. The third-order valence-corrected chi connectivity index (χ3v) is 9.54. The Morgan fingerprint density at radius 1 is 1.00 bits per heavy atom. The second kappa shape index (κ2) is 15.6. The summed E-state index contributed by atoms with van der Waals surface area (Å²) >= 11 is 0. The molecule has 264 valence electrons. The van der Waals surface area contributed by atoms with Crippen molar-refractivity contribution < 1.29 is 28.3 Å². The number of ether oxygens (including phenoxy) is 3. The van der Waals surface area contributed by atoms with Crippen LogP contribution >= 0.6 is 0 Å². The molecule has 0 amide bonds. The number of hydrogen-bond donors (Lipinski definition) is 1. The van der Waals surface area contributed by atoms with Gasteiger partial charge < -0.3 is 29.0 Å². The Bertz CT molecular complexity index is 1910. The molecule has 10 heteroatoms. The van der Waals surface area contributed by atoms with Crippen molar-refractivity contribution in [1.29, 1.82) is 0 Å². The van der Waals surface area contributed by atoms with Crippen LogP contribution in [0.25, 0.3) is 0 Å². The molecule has 10 nitrogen and oxygen atoms in total. The highest BCUT2D eigenvalue weighted by molar-refractivity contribution is 6.14. The van der Waals surface area contributed by atoms with E-state index in [-0.39, 0.29) is 30.1 Å². The first-order valence-electron chi connectivity index (χ1n) is 17.2. The number of Topliss-reactive ketones (excluding diaryl/α,β-unsaturated/α-hetero) is 1. The average molecular weight is 689 g/mol. The summed E-state index contributed by atoms with van der Waals surface area (Å²) < 4.78 is 23.9. The molecule has 1 saturated heterocycles. The molecule has 4 aromatic rings. The van der Waals surface area contributed by atoms with Crippen molar-refractivity contribution in [2.24, 2.45) is 11.8 Å². The van der Waals surface area contributed by atoms with Crippen LogP contribution in [0.2, 0.25) is 0 Å². The fraction of sp³-hybridized carbons (Fsp3) is 0.317. The molecule has 0 spiro atoms. The molecule has 2 aromatic heterocycles. The lowest BCUT2D eigenvalue weighted by atomic mass is 9.67. The minimum atomic E-state index is -0.626. The zero-order valence-electron chi connectivity index (χ0n) is 29.4. The Labute approximate surface area is 298 Å². The average Bonchev–Trinajstić information content (AvgIpc) is 3.70. The number of fused-ring (bicyclic) bond motifs is 3. The summed E-state index contributed by atoms with van der Waals surface area (Å²) in [5.74, 6) is 2.45. The zero-order chi connectivity index (χ0) is 36.0. The molecule has 2 aliphatic carbocycles. The first-order chi connectivity index (χ1) is 24.8. The lowest BCUT2D eigenvalue weighted by Crippen LogP contribution is -2.36. The zero-order valence-corrected chi connectivity index (χ0v) is 29.4. The molecule has 1 N–H and O–H groups in total. The summed E-state index contributed by atoms with van der Waals surface area (Å²) in [7, 11) is 3.86. The third kappa shape index (κ3) is 7.51. The van der Waals surface area contributed by atoms with Gasteiger partial charge in [0.05, 0.1) is 11.8 Å². The Morgan fingerprint density at radius 2 is 1.65 bits per heavy atom. The Hall–Kier alpha value is -5.48. The summed E-state index contributed by atoms with van der Waals surface area (Å²) in [5, 5.41) is 7.12. The summed E-state index contributed by atoms with van der Waals surface area (Å²) in [6, 6.07) is 19.5. The van der Waals surface area contributed by atoms with Gasteiger partial charge in [-0.2, -0.15) is 0 Å². The molecule has 1 fully saturated rings. The van der Waals surface area contributed by atoms with Crippen LogP contribution in [0.15, 0.2) is 108 Å². The number of pyridine rings is 1. The van der Waals surface area contributed by atoms with Crippen LogP contribution in [-0.2, 0) is 30.8 Å². The van der Waals surface area contributed by atoms with Gasteiger partial charge in [0, 0.05) is 50.7 Å². The molecule has 0 saturated carbocycles. The number of carbonyl (C=O) groups excluding carboxylic acids is 2. The quantitative estimate of drug-likeness (QED) is 0.0662. The number of allylic oxidation sites excluding steroid dienone is 1. The number of rotatable bonds is 14. The van der Waals surface area contributed by atoms with Crippen molar-refractivity contribution in [3.8, 4) is 11.6 Å². The molecule has 3 aliphatic rings. The largest absolute Gasteiger partial charge is 0.486 e. The van der Waals surface area contributed by atoms with Crippen molar-refractivity contribution in [2.75, 3.05) is 32.1 Å². The number of benzene rings is 2. The highest BCUT2D eigenvalue weighted by atomic mass is 16.6. The molecule has 1 aliphatic heterocycles. The fourth-order valence-corrected chi connectivity index (χ4v) is 6.90. The number of nitrogens with zero attached hydrogens (tertiary/aromatic N) is 3. The number of hydrogen-bond acceptors (Lipinski definition) is 10. The lowest BCUT2D eigenvalue weighted by molar-refractivity contribution is 0.0993. The molecule has 3 atom stereocenters. The van der Waals surface area contributed by atoms with Gasteiger partial charge in [0.1, 0.15) is 36.1 Å².